The van der Waals surface area contributed by atoms with Gasteiger partial charge in [-0.15, -0.1) is 10.2 Å². The Bertz CT molecular complexity index is 834. The summed E-state index contributed by atoms with van der Waals surface area (Å²) in [5.74, 6) is 0.498. The average molecular weight is 359 g/mol. The number of nitrogens with two attached hydrogens (primary N) is 1. The molecule has 0 saturated carbocycles. The molecule has 0 unspecified atom stereocenters. The lowest BCUT2D eigenvalue weighted by Gasteiger charge is -2.10. The molecule has 3 rings (SSSR count). The average Bonchev–Trinajstić information content (AvgIpc) is 2.97. The van der Waals surface area contributed by atoms with Gasteiger partial charge < -0.3 is 5.73 Å². The van der Waals surface area contributed by atoms with Gasteiger partial charge in [-0.25, -0.2) is 0 Å². The van der Waals surface area contributed by atoms with Gasteiger partial charge >= 0.3 is 0 Å². The molecule has 1 amide bonds. The number of hydrogen-bond acceptors (Lipinski definition) is 4. The molecule has 0 fully saturated rings. The van der Waals surface area contributed by atoms with E-state index in [4.69, 9.17) is 17.3 Å². The number of thioether (sulfide) groups is 1. The second-order valence-corrected chi connectivity index (χ2v) is 6.52. The van der Waals surface area contributed by atoms with Crippen molar-refractivity contribution in [2.75, 3.05) is 5.75 Å². The fourth-order valence-corrected chi connectivity index (χ4v) is 3.05. The van der Waals surface area contributed by atoms with E-state index in [1.807, 2.05) is 59.2 Å². The van der Waals surface area contributed by atoms with Crippen LogP contribution in [0.2, 0.25) is 5.02 Å². The first kappa shape index (κ1) is 16.5. The van der Waals surface area contributed by atoms with Gasteiger partial charge in [0.1, 0.15) is 0 Å². The Labute approximate surface area is 148 Å². The van der Waals surface area contributed by atoms with Gasteiger partial charge in [-0.05, 0) is 29.8 Å². The molecule has 2 N–H and O–H groups in total. The van der Waals surface area contributed by atoms with E-state index in [1.54, 1.807) is 0 Å². The molecule has 1 heterocycles. The maximum atomic E-state index is 11.1. The molecule has 122 valence electrons. The van der Waals surface area contributed by atoms with Crippen LogP contribution in [0.4, 0.5) is 0 Å². The fraction of sp³-hybridized carbons (Fsp3) is 0.118. The number of primary amides is 1. The molecule has 0 bridgehead atoms. The van der Waals surface area contributed by atoms with Crippen molar-refractivity contribution in [1.82, 2.24) is 14.8 Å². The highest BCUT2D eigenvalue weighted by atomic mass is 35.5. The minimum atomic E-state index is -0.387. The van der Waals surface area contributed by atoms with Crippen molar-refractivity contribution >= 4 is 29.3 Å². The van der Waals surface area contributed by atoms with Crippen LogP contribution in [0.3, 0.4) is 0 Å². The van der Waals surface area contributed by atoms with Crippen LogP contribution in [0, 0.1) is 0 Å². The third-order valence-corrected chi connectivity index (χ3v) is 4.59. The van der Waals surface area contributed by atoms with Crippen LogP contribution in [0.5, 0.6) is 0 Å². The van der Waals surface area contributed by atoms with Crippen LogP contribution in [-0.2, 0) is 11.3 Å². The maximum Gasteiger partial charge on any atom is 0.227 e. The third kappa shape index (κ3) is 3.96. The van der Waals surface area contributed by atoms with Gasteiger partial charge in [-0.2, -0.15) is 0 Å². The van der Waals surface area contributed by atoms with Crippen LogP contribution in [0.25, 0.3) is 11.4 Å². The van der Waals surface area contributed by atoms with Crippen molar-refractivity contribution in [3.05, 3.63) is 65.2 Å². The number of carbonyl (C=O) groups is 1. The molecule has 0 atom stereocenters. The molecular formula is C17H15ClN4OS. The summed E-state index contributed by atoms with van der Waals surface area (Å²) in [6.07, 6.45) is 0. The molecule has 24 heavy (non-hydrogen) atoms. The highest BCUT2D eigenvalue weighted by Gasteiger charge is 2.15. The lowest BCUT2D eigenvalue weighted by atomic mass is 10.2. The summed E-state index contributed by atoms with van der Waals surface area (Å²) in [6, 6.07) is 17.4. The molecule has 0 aliphatic heterocycles. The number of nitrogens with zero attached hydrogens (tertiary/aromatic N) is 3. The first-order chi connectivity index (χ1) is 11.6. The van der Waals surface area contributed by atoms with Crippen molar-refractivity contribution < 1.29 is 4.79 Å². The van der Waals surface area contributed by atoms with E-state index in [-0.39, 0.29) is 11.7 Å². The predicted molar refractivity (Wildman–Crippen MR) is 95.9 cm³/mol. The molecule has 2 aromatic carbocycles. The highest BCUT2D eigenvalue weighted by molar-refractivity contribution is 7.99. The van der Waals surface area contributed by atoms with Crippen molar-refractivity contribution in [2.45, 2.75) is 11.7 Å². The van der Waals surface area contributed by atoms with E-state index in [9.17, 15) is 4.79 Å². The number of amides is 1. The molecule has 5 nitrogen and oxygen atoms in total. The standard InChI is InChI=1S/C17H15ClN4OS/c18-14-8-6-13(7-9-14)16-20-21-17(24-11-15(19)23)22(16)10-12-4-2-1-3-5-12/h1-9H,10-11H2,(H2,19,23). The number of hydrogen-bond donors (Lipinski definition) is 1. The van der Waals surface area contributed by atoms with E-state index in [0.29, 0.717) is 16.7 Å². The molecule has 0 aliphatic carbocycles. The summed E-state index contributed by atoms with van der Waals surface area (Å²) in [6.45, 7) is 0.604. The largest absolute Gasteiger partial charge is 0.369 e. The monoisotopic (exact) mass is 358 g/mol. The second kappa shape index (κ2) is 7.51. The van der Waals surface area contributed by atoms with Crippen LogP contribution in [0.15, 0.2) is 59.8 Å². The van der Waals surface area contributed by atoms with E-state index in [0.717, 1.165) is 17.0 Å². The Morgan fingerprint density at radius 1 is 1.08 bits per heavy atom. The molecule has 0 saturated heterocycles. The van der Waals surface area contributed by atoms with Gasteiger partial charge in [0.05, 0.1) is 12.3 Å². The number of carbonyl (C=O) groups excluding carboxylic acids is 1. The zero-order chi connectivity index (χ0) is 16.9. The first-order valence-electron chi connectivity index (χ1n) is 7.27. The van der Waals surface area contributed by atoms with E-state index < -0.39 is 0 Å². The maximum absolute atomic E-state index is 11.1. The quantitative estimate of drug-likeness (QED) is 0.686. The number of halogens is 1. The summed E-state index contributed by atoms with van der Waals surface area (Å²) < 4.78 is 1.98. The predicted octanol–water partition coefficient (Wildman–Crippen LogP) is 3.22. The van der Waals surface area contributed by atoms with Crippen molar-refractivity contribution in [2.24, 2.45) is 5.73 Å². The van der Waals surface area contributed by atoms with Crippen LogP contribution >= 0.6 is 23.4 Å². The normalized spacial score (nSPS) is 10.7. The zero-order valence-corrected chi connectivity index (χ0v) is 14.3. The molecule has 3 aromatic rings. The summed E-state index contributed by atoms with van der Waals surface area (Å²) in [7, 11) is 0. The summed E-state index contributed by atoms with van der Waals surface area (Å²) in [5, 5.41) is 9.82. The second-order valence-electron chi connectivity index (χ2n) is 5.14. The topological polar surface area (TPSA) is 73.8 Å². The van der Waals surface area contributed by atoms with Gasteiger partial charge in [0.25, 0.3) is 0 Å². The lowest BCUT2D eigenvalue weighted by Crippen LogP contribution is -2.14. The molecule has 1 aromatic heterocycles. The minimum Gasteiger partial charge on any atom is -0.369 e. The summed E-state index contributed by atoms with van der Waals surface area (Å²) in [5.41, 5.74) is 7.28. The number of benzene rings is 2. The Morgan fingerprint density at radius 2 is 1.79 bits per heavy atom. The molecule has 0 aliphatic rings. The molecular weight excluding hydrogens is 344 g/mol. The van der Waals surface area contributed by atoms with Gasteiger partial charge in [-0.1, -0.05) is 53.7 Å². The van der Waals surface area contributed by atoms with Gasteiger partial charge in [0.15, 0.2) is 11.0 Å². The van der Waals surface area contributed by atoms with Crippen LogP contribution in [-0.4, -0.2) is 26.4 Å². The molecule has 0 radical (unpaired) electrons. The summed E-state index contributed by atoms with van der Waals surface area (Å²) >= 11 is 7.24. The molecule has 0 spiro atoms. The van der Waals surface area contributed by atoms with Crippen LogP contribution < -0.4 is 5.73 Å². The SMILES string of the molecule is NC(=O)CSc1nnc(-c2ccc(Cl)cc2)n1Cc1ccccc1. The van der Waals surface area contributed by atoms with Gasteiger partial charge in [0.2, 0.25) is 5.91 Å². The smallest absolute Gasteiger partial charge is 0.227 e. The van der Waals surface area contributed by atoms with Crippen molar-refractivity contribution in [3.63, 3.8) is 0 Å². The molecule has 7 heteroatoms. The van der Waals surface area contributed by atoms with E-state index in [2.05, 4.69) is 10.2 Å². The summed E-state index contributed by atoms with van der Waals surface area (Å²) in [4.78, 5) is 11.1. The van der Waals surface area contributed by atoms with Gasteiger partial charge in [0, 0.05) is 10.6 Å². The van der Waals surface area contributed by atoms with Gasteiger partial charge in [-0.3, -0.25) is 9.36 Å². The lowest BCUT2D eigenvalue weighted by molar-refractivity contribution is -0.115. The zero-order valence-electron chi connectivity index (χ0n) is 12.7. The Kier molecular flexibility index (Phi) is 5.17. The van der Waals surface area contributed by atoms with Crippen molar-refractivity contribution in [1.29, 1.82) is 0 Å². The third-order valence-electron chi connectivity index (χ3n) is 3.35. The Balaban J connectivity index is 1.98. The Hall–Kier alpha value is -2.31. The fourth-order valence-electron chi connectivity index (χ4n) is 2.25. The highest BCUT2D eigenvalue weighted by Crippen LogP contribution is 2.26. The minimum absolute atomic E-state index is 0.160. The first-order valence-corrected chi connectivity index (χ1v) is 8.64. The number of rotatable bonds is 6. The Morgan fingerprint density at radius 3 is 2.46 bits per heavy atom. The van der Waals surface area contributed by atoms with Crippen LogP contribution in [0.1, 0.15) is 5.56 Å². The number of aromatic nitrogens is 3. The van der Waals surface area contributed by atoms with E-state index >= 15 is 0 Å². The van der Waals surface area contributed by atoms with Crippen molar-refractivity contribution in [3.8, 4) is 11.4 Å². The van der Waals surface area contributed by atoms with E-state index in [1.165, 1.54) is 11.8 Å².